The first-order valence-corrected chi connectivity index (χ1v) is 7.73. The summed E-state index contributed by atoms with van der Waals surface area (Å²) in [7, 11) is 0. The van der Waals surface area contributed by atoms with Crippen LogP contribution in [0.3, 0.4) is 0 Å². The van der Waals surface area contributed by atoms with E-state index in [1.165, 1.54) is 0 Å². The van der Waals surface area contributed by atoms with Crippen molar-refractivity contribution in [3.8, 4) is 0 Å². The number of ketones is 1. The third-order valence-corrected chi connectivity index (χ3v) is 4.80. The highest BCUT2D eigenvalue weighted by Gasteiger charge is 2.41. The maximum absolute atomic E-state index is 12.9. The van der Waals surface area contributed by atoms with Crippen LogP contribution < -0.4 is 0 Å². The molecule has 0 unspecified atom stereocenters. The molecule has 104 valence electrons. The van der Waals surface area contributed by atoms with Crippen LogP contribution in [-0.4, -0.2) is 24.0 Å². The van der Waals surface area contributed by atoms with Crippen molar-refractivity contribution < 1.29 is 9.53 Å². The lowest BCUT2D eigenvalue weighted by Gasteiger charge is -2.36. The summed E-state index contributed by atoms with van der Waals surface area (Å²) in [5.74, 6) is 0.288. The Hall–Kier alpha value is -1.52. The predicted molar refractivity (Wildman–Crippen MR) is 79.0 cm³/mol. The summed E-state index contributed by atoms with van der Waals surface area (Å²) < 4.78 is 5.47. The Kier molecular flexibility index (Phi) is 3.94. The number of hydrogen-bond donors (Lipinski definition) is 0. The minimum absolute atomic E-state index is 0.288. The zero-order chi connectivity index (χ0) is 13.8. The van der Waals surface area contributed by atoms with Gasteiger partial charge < -0.3 is 4.74 Å². The maximum Gasteiger partial charge on any atom is 0.148 e. The van der Waals surface area contributed by atoms with Gasteiger partial charge in [0.2, 0.25) is 0 Å². The van der Waals surface area contributed by atoms with Crippen LogP contribution in [0.2, 0.25) is 0 Å². The highest BCUT2D eigenvalue weighted by molar-refractivity contribution is 7.09. The van der Waals surface area contributed by atoms with Crippen molar-refractivity contribution in [1.29, 1.82) is 0 Å². The Morgan fingerprint density at radius 2 is 2.00 bits per heavy atom. The van der Waals surface area contributed by atoms with E-state index < -0.39 is 0 Å². The van der Waals surface area contributed by atoms with Gasteiger partial charge in [-0.3, -0.25) is 9.78 Å². The van der Waals surface area contributed by atoms with E-state index >= 15 is 0 Å². The number of carbonyl (C=O) groups is 1. The molecular formula is C16H17NO2S. The molecule has 2 heterocycles. The van der Waals surface area contributed by atoms with Crippen molar-refractivity contribution in [2.75, 3.05) is 13.2 Å². The molecule has 3 rings (SSSR count). The van der Waals surface area contributed by atoms with E-state index in [-0.39, 0.29) is 11.2 Å². The van der Waals surface area contributed by atoms with Crippen molar-refractivity contribution in [3.05, 3.63) is 52.5 Å². The van der Waals surface area contributed by atoms with Crippen LogP contribution in [0, 0.1) is 0 Å². The topological polar surface area (TPSA) is 39.2 Å². The van der Waals surface area contributed by atoms with Gasteiger partial charge in [0.1, 0.15) is 5.78 Å². The fraction of sp³-hybridized carbons (Fsp3) is 0.375. The molecule has 0 radical (unpaired) electrons. The first kappa shape index (κ1) is 13.5. The zero-order valence-electron chi connectivity index (χ0n) is 11.2. The second-order valence-corrected chi connectivity index (χ2v) is 6.10. The molecule has 0 amide bonds. The van der Waals surface area contributed by atoms with Crippen molar-refractivity contribution in [3.63, 3.8) is 0 Å². The average Bonchev–Trinajstić information content (AvgIpc) is 3.02. The van der Waals surface area contributed by atoms with E-state index in [4.69, 9.17) is 4.74 Å². The quantitative estimate of drug-likeness (QED) is 0.867. The van der Waals surface area contributed by atoms with E-state index in [2.05, 4.69) is 17.1 Å². The summed E-state index contributed by atoms with van der Waals surface area (Å²) in [4.78, 5) is 18.0. The van der Waals surface area contributed by atoms with Crippen LogP contribution in [0.15, 0.2) is 42.0 Å². The molecule has 0 aliphatic carbocycles. The Morgan fingerprint density at radius 1 is 1.25 bits per heavy atom. The third kappa shape index (κ3) is 2.53. The summed E-state index contributed by atoms with van der Waals surface area (Å²) in [5.41, 5.74) is 2.52. The maximum atomic E-state index is 12.9. The molecule has 0 spiro atoms. The van der Waals surface area contributed by atoms with Crippen molar-refractivity contribution in [2.45, 2.75) is 24.7 Å². The van der Waals surface area contributed by atoms with Crippen LogP contribution in [0.4, 0.5) is 0 Å². The Bertz CT molecular complexity index is 559. The summed E-state index contributed by atoms with van der Waals surface area (Å²) in [6.07, 6.45) is 3.81. The van der Waals surface area contributed by atoms with Gasteiger partial charge in [0, 0.05) is 30.7 Å². The predicted octanol–water partition coefficient (Wildman–Crippen LogP) is 3.00. The van der Waals surface area contributed by atoms with E-state index in [0.29, 0.717) is 19.6 Å². The molecule has 1 saturated heterocycles. The molecule has 0 bridgehead atoms. The third-order valence-electron chi connectivity index (χ3n) is 4.02. The molecule has 3 nitrogen and oxygen atoms in total. The van der Waals surface area contributed by atoms with E-state index in [1.807, 2.05) is 18.2 Å². The number of benzene rings is 1. The van der Waals surface area contributed by atoms with Crippen LogP contribution in [0.25, 0.3) is 0 Å². The van der Waals surface area contributed by atoms with E-state index in [0.717, 1.165) is 23.3 Å². The molecule has 1 fully saturated rings. The molecule has 0 N–H and O–H groups in total. The number of carbonyl (C=O) groups excluding carboxylic acids is 1. The number of nitrogens with zero attached hydrogens (tertiary/aromatic N) is 1. The monoisotopic (exact) mass is 287 g/mol. The normalized spacial score (nSPS) is 17.8. The minimum Gasteiger partial charge on any atom is -0.381 e. The summed E-state index contributed by atoms with van der Waals surface area (Å²) in [5, 5.41) is 0. The lowest BCUT2D eigenvalue weighted by Crippen LogP contribution is -2.42. The highest BCUT2D eigenvalue weighted by Crippen LogP contribution is 2.36. The number of thiazole rings is 1. The SMILES string of the molecule is O=C(Cc1cncs1)C1(c2ccccc2)CCOCC1. The van der Waals surface area contributed by atoms with Gasteiger partial charge in [-0.25, -0.2) is 0 Å². The van der Waals surface area contributed by atoms with Gasteiger partial charge in [-0.15, -0.1) is 11.3 Å². The van der Waals surface area contributed by atoms with E-state index in [9.17, 15) is 4.79 Å². The van der Waals surface area contributed by atoms with Crippen LogP contribution in [-0.2, 0) is 21.4 Å². The summed E-state index contributed by atoms with van der Waals surface area (Å²) in [6, 6.07) is 10.1. The average molecular weight is 287 g/mol. The first-order valence-electron chi connectivity index (χ1n) is 6.85. The first-order chi connectivity index (χ1) is 9.81. The fourth-order valence-corrected chi connectivity index (χ4v) is 3.46. The molecule has 2 aromatic rings. The Balaban J connectivity index is 1.91. The standard InChI is InChI=1S/C16H17NO2S/c18-15(10-14-11-17-12-20-14)16(6-8-19-9-7-16)13-4-2-1-3-5-13/h1-5,11-12H,6-10H2. The van der Waals surface area contributed by atoms with Crippen molar-refractivity contribution in [1.82, 2.24) is 4.98 Å². The van der Waals surface area contributed by atoms with Crippen molar-refractivity contribution in [2.24, 2.45) is 0 Å². The Labute approximate surface area is 122 Å². The lowest BCUT2D eigenvalue weighted by atomic mass is 9.70. The number of rotatable bonds is 4. The van der Waals surface area contributed by atoms with E-state index in [1.54, 1.807) is 23.0 Å². The number of hydrogen-bond acceptors (Lipinski definition) is 4. The molecule has 1 aliphatic heterocycles. The van der Waals surface area contributed by atoms with Crippen LogP contribution >= 0.6 is 11.3 Å². The zero-order valence-corrected chi connectivity index (χ0v) is 12.1. The summed E-state index contributed by atoms with van der Waals surface area (Å²) in [6.45, 7) is 1.31. The second-order valence-electron chi connectivity index (χ2n) is 5.13. The van der Waals surface area contributed by atoms with Gasteiger partial charge in [-0.2, -0.15) is 0 Å². The van der Waals surface area contributed by atoms with Crippen LogP contribution in [0.1, 0.15) is 23.3 Å². The van der Waals surface area contributed by atoms with Crippen LogP contribution in [0.5, 0.6) is 0 Å². The smallest absolute Gasteiger partial charge is 0.148 e. The molecule has 0 saturated carbocycles. The van der Waals surface area contributed by atoms with Gasteiger partial charge in [0.15, 0.2) is 0 Å². The number of Topliss-reactive ketones (excluding diaryl/α,β-unsaturated/α-hetero) is 1. The molecule has 1 aromatic heterocycles. The molecule has 4 heteroatoms. The van der Waals surface area contributed by atoms with Gasteiger partial charge in [0.25, 0.3) is 0 Å². The molecule has 1 aromatic carbocycles. The number of ether oxygens (including phenoxy) is 1. The largest absolute Gasteiger partial charge is 0.381 e. The molecular weight excluding hydrogens is 270 g/mol. The lowest BCUT2D eigenvalue weighted by molar-refractivity contribution is -0.127. The number of aromatic nitrogens is 1. The Morgan fingerprint density at radius 3 is 2.65 bits per heavy atom. The fourth-order valence-electron chi connectivity index (χ4n) is 2.86. The summed E-state index contributed by atoms with van der Waals surface area (Å²) >= 11 is 1.55. The van der Waals surface area contributed by atoms with Gasteiger partial charge in [0.05, 0.1) is 10.9 Å². The van der Waals surface area contributed by atoms with Gasteiger partial charge in [-0.05, 0) is 18.4 Å². The highest BCUT2D eigenvalue weighted by atomic mass is 32.1. The van der Waals surface area contributed by atoms with Gasteiger partial charge in [-0.1, -0.05) is 30.3 Å². The second kappa shape index (κ2) is 5.85. The molecule has 1 aliphatic rings. The molecule has 0 atom stereocenters. The minimum atomic E-state index is -0.385. The molecule has 20 heavy (non-hydrogen) atoms. The van der Waals surface area contributed by atoms with Crippen molar-refractivity contribution >= 4 is 17.1 Å². The van der Waals surface area contributed by atoms with Gasteiger partial charge >= 0.3 is 0 Å².